The Balaban J connectivity index is 2.96. The molecule has 0 aromatic heterocycles. The Labute approximate surface area is 122 Å². The number of benzene rings is 1. The van der Waals surface area contributed by atoms with Crippen molar-refractivity contribution in [2.75, 3.05) is 5.32 Å². The largest absolute Gasteiger partial charge is 0.325 e. The van der Waals surface area contributed by atoms with Gasteiger partial charge in [0, 0.05) is 5.69 Å². The van der Waals surface area contributed by atoms with Gasteiger partial charge < -0.3 is 5.32 Å². The highest BCUT2D eigenvalue weighted by atomic mass is 16.2. The Morgan fingerprint density at radius 2 is 1.80 bits per heavy atom. The zero-order valence-corrected chi connectivity index (χ0v) is 12.9. The van der Waals surface area contributed by atoms with Crippen LogP contribution in [0.4, 0.5) is 5.69 Å². The molecule has 108 valence electrons. The molecule has 0 spiro atoms. The van der Waals surface area contributed by atoms with Crippen LogP contribution in [0.5, 0.6) is 0 Å². The van der Waals surface area contributed by atoms with Crippen molar-refractivity contribution in [3.63, 3.8) is 0 Å². The molecular formula is C17H24N2O. The van der Waals surface area contributed by atoms with E-state index in [0.29, 0.717) is 12.8 Å². The van der Waals surface area contributed by atoms with Crippen molar-refractivity contribution in [2.24, 2.45) is 5.41 Å². The monoisotopic (exact) mass is 272 g/mol. The Kier molecular flexibility index (Phi) is 5.76. The molecule has 0 aliphatic carbocycles. The molecule has 1 aromatic rings. The second kappa shape index (κ2) is 7.09. The SMILES string of the molecule is CCCC(C#N)(CCC)C(=O)Nc1ccc(C)c(C)c1. The van der Waals surface area contributed by atoms with Crippen LogP contribution in [0.1, 0.15) is 50.7 Å². The van der Waals surface area contributed by atoms with E-state index in [9.17, 15) is 10.1 Å². The maximum Gasteiger partial charge on any atom is 0.244 e. The topological polar surface area (TPSA) is 52.9 Å². The van der Waals surface area contributed by atoms with Crippen molar-refractivity contribution in [3.05, 3.63) is 29.3 Å². The lowest BCUT2D eigenvalue weighted by Gasteiger charge is -2.24. The van der Waals surface area contributed by atoms with Gasteiger partial charge in [0.25, 0.3) is 0 Å². The molecule has 1 N–H and O–H groups in total. The fourth-order valence-corrected chi connectivity index (χ4v) is 2.44. The van der Waals surface area contributed by atoms with Crippen molar-refractivity contribution in [2.45, 2.75) is 53.4 Å². The fraction of sp³-hybridized carbons (Fsp3) is 0.529. The first-order chi connectivity index (χ1) is 9.49. The normalized spacial score (nSPS) is 10.9. The second-order valence-corrected chi connectivity index (χ2v) is 5.45. The summed E-state index contributed by atoms with van der Waals surface area (Å²) in [4.78, 5) is 12.5. The Morgan fingerprint density at radius 3 is 2.25 bits per heavy atom. The van der Waals surface area contributed by atoms with Gasteiger partial charge in [0.15, 0.2) is 0 Å². The molecule has 3 nitrogen and oxygen atoms in total. The number of aryl methyl sites for hydroxylation is 2. The van der Waals surface area contributed by atoms with Gasteiger partial charge in [-0.1, -0.05) is 32.8 Å². The van der Waals surface area contributed by atoms with E-state index in [4.69, 9.17) is 0 Å². The summed E-state index contributed by atoms with van der Waals surface area (Å²) < 4.78 is 0. The Morgan fingerprint density at radius 1 is 1.20 bits per heavy atom. The van der Waals surface area contributed by atoms with Crippen LogP contribution in [0.2, 0.25) is 0 Å². The molecule has 1 amide bonds. The third kappa shape index (κ3) is 3.60. The van der Waals surface area contributed by atoms with Crippen LogP contribution in [0.3, 0.4) is 0 Å². The fourth-order valence-electron chi connectivity index (χ4n) is 2.44. The molecule has 1 rings (SSSR count). The van der Waals surface area contributed by atoms with E-state index in [-0.39, 0.29) is 5.91 Å². The van der Waals surface area contributed by atoms with E-state index in [0.717, 1.165) is 24.1 Å². The summed E-state index contributed by atoms with van der Waals surface area (Å²) in [6, 6.07) is 8.08. The van der Waals surface area contributed by atoms with Gasteiger partial charge in [-0.15, -0.1) is 0 Å². The number of nitriles is 1. The number of hydrogen-bond donors (Lipinski definition) is 1. The highest BCUT2D eigenvalue weighted by molar-refractivity contribution is 5.97. The number of anilines is 1. The molecule has 1 aromatic carbocycles. The molecule has 0 saturated heterocycles. The first-order valence-corrected chi connectivity index (χ1v) is 7.29. The summed E-state index contributed by atoms with van der Waals surface area (Å²) in [5.74, 6) is -0.174. The minimum atomic E-state index is -0.901. The predicted molar refractivity (Wildman–Crippen MR) is 82.4 cm³/mol. The van der Waals surface area contributed by atoms with E-state index in [1.54, 1.807) is 0 Å². The van der Waals surface area contributed by atoms with Crippen molar-refractivity contribution < 1.29 is 4.79 Å². The molecule has 0 heterocycles. The van der Waals surface area contributed by atoms with Crippen molar-refractivity contribution >= 4 is 11.6 Å². The molecule has 0 saturated carbocycles. The van der Waals surface area contributed by atoms with E-state index in [1.807, 2.05) is 45.9 Å². The second-order valence-electron chi connectivity index (χ2n) is 5.45. The molecule has 0 radical (unpaired) electrons. The van der Waals surface area contributed by atoms with Crippen molar-refractivity contribution in [3.8, 4) is 6.07 Å². The van der Waals surface area contributed by atoms with Crippen LogP contribution in [0.25, 0.3) is 0 Å². The lowest BCUT2D eigenvalue weighted by atomic mass is 9.79. The van der Waals surface area contributed by atoms with E-state index in [1.165, 1.54) is 5.56 Å². The van der Waals surface area contributed by atoms with E-state index in [2.05, 4.69) is 11.4 Å². The average molecular weight is 272 g/mol. The number of amides is 1. The zero-order valence-electron chi connectivity index (χ0n) is 12.9. The van der Waals surface area contributed by atoms with E-state index >= 15 is 0 Å². The summed E-state index contributed by atoms with van der Waals surface area (Å²) in [5.41, 5.74) is 2.19. The molecule has 0 bridgehead atoms. The highest BCUT2D eigenvalue weighted by Gasteiger charge is 2.36. The van der Waals surface area contributed by atoms with Crippen LogP contribution < -0.4 is 5.32 Å². The van der Waals surface area contributed by atoms with Crippen LogP contribution in [0.15, 0.2) is 18.2 Å². The standard InChI is InChI=1S/C17H24N2O/c1-5-9-17(12-18,10-6-2)16(20)19-15-8-7-13(3)14(4)11-15/h7-8,11H,5-6,9-10H2,1-4H3,(H,19,20). The number of hydrogen-bond acceptors (Lipinski definition) is 2. The van der Waals surface area contributed by atoms with Gasteiger partial charge in [-0.25, -0.2) is 0 Å². The third-order valence-corrected chi connectivity index (χ3v) is 3.77. The van der Waals surface area contributed by atoms with Gasteiger partial charge in [0.1, 0.15) is 5.41 Å². The number of nitrogens with one attached hydrogen (secondary N) is 1. The predicted octanol–water partition coefficient (Wildman–Crippen LogP) is 4.35. The van der Waals surface area contributed by atoms with Gasteiger partial charge in [0.05, 0.1) is 6.07 Å². The number of nitrogens with zero attached hydrogens (tertiary/aromatic N) is 1. The number of carbonyl (C=O) groups is 1. The summed E-state index contributed by atoms with van der Waals surface area (Å²) in [6.45, 7) is 8.06. The first-order valence-electron chi connectivity index (χ1n) is 7.29. The first kappa shape index (κ1) is 16.2. The average Bonchev–Trinajstić information content (AvgIpc) is 2.42. The van der Waals surface area contributed by atoms with Crippen molar-refractivity contribution in [1.29, 1.82) is 5.26 Å². The van der Waals surface area contributed by atoms with Gasteiger partial charge in [-0.2, -0.15) is 5.26 Å². The molecular weight excluding hydrogens is 248 g/mol. The van der Waals surface area contributed by atoms with E-state index < -0.39 is 5.41 Å². The van der Waals surface area contributed by atoms with Gasteiger partial charge in [0.2, 0.25) is 5.91 Å². The molecule has 0 atom stereocenters. The van der Waals surface area contributed by atoms with Crippen LogP contribution in [-0.2, 0) is 4.79 Å². The lowest BCUT2D eigenvalue weighted by molar-refractivity contribution is -0.123. The zero-order chi connectivity index (χ0) is 15.2. The van der Waals surface area contributed by atoms with Gasteiger partial charge in [-0.3, -0.25) is 4.79 Å². The maximum absolute atomic E-state index is 12.5. The maximum atomic E-state index is 12.5. The number of rotatable bonds is 6. The quantitative estimate of drug-likeness (QED) is 0.836. The molecule has 0 aliphatic rings. The Hall–Kier alpha value is -1.82. The Bertz CT molecular complexity index is 508. The lowest BCUT2D eigenvalue weighted by Crippen LogP contribution is -2.35. The molecule has 0 fully saturated rings. The molecule has 0 aliphatic heterocycles. The minimum Gasteiger partial charge on any atom is -0.325 e. The highest BCUT2D eigenvalue weighted by Crippen LogP contribution is 2.31. The molecule has 0 unspecified atom stereocenters. The number of carbonyl (C=O) groups excluding carboxylic acids is 1. The van der Waals surface area contributed by atoms with Gasteiger partial charge in [-0.05, 0) is 49.9 Å². The molecule has 20 heavy (non-hydrogen) atoms. The minimum absolute atomic E-state index is 0.174. The van der Waals surface area contributed by atoms with Crippen LogP contribution in [0, 0.1) is 30.6 Å². The van der Waals surface area contributed by atoms with Crippen LogP contribution >= 0.6 is 0 Å². The van der Waals surface area contributed by atoms with Gasteiger partial charge >= 0.3 is 0 Å². The summed E-state index contributed by atoms with van der Waals surface area (Å²) >= 11 is 0. The summed E-state index contributed by atoms with van der Waals surface area (Å²) in [7, 11) is 0. The smallest absolute Gasteiger partial charge is 0.244 e. The third-order valence-electron chi connectivity index (χ3n) is 3.77. The van der Waals surface area contributed by atoms with Crippen LogP contribution in [-0.4, -0.2) is 5.91 Å². The summed E-state index contributed by atoms with van der Waals surface area (Å²) in [5, 5.41) is 12.4. The summed E-state index contributed by atoms with van der Waals surface area (Å²) in [6.07, 6.45) is 2.86. The van der Waals surface area contributed by atoms with Crippen molar-refractivity contribution in [1.82, 2.24) is 0 Å². The molecule has 3 heteroatoms.